The maximum atomic E-state index is 14.4. The first kappa shape index (κ1) is 15.3. The molecule has 1 aliphatic rings. The van der Waals surface area contributed by atoms with Gasteiger partial charge in [-0.2, -0.15) is 5.10 Å². The highest BCUT2D eigenvalue weighted by Crippen LogP contribution is 2.36. The van der Waals surface area contributed by atoms with Gasteiger partial charge in [-0.1, -0.05) is 0 Å². The summed E-state index contributed by atoms with van der Waals surface area (Å²) in [6, 6.07) is 4.33. The quantitative estimate of drug-likeness (QED) is 0.640. The molecule has 122 valence electrons. The molecule has 1 fully saturated rings. The third-order valence-corrected chi connectivity index (χ3v) is 4.08. The summed E-state index contributed by atoms with van der Waals surface area (Å²) in [6.07, 6.45) is 5.46. The van der Waals surface area contributed by atoms with E-state index in [0.717, 1.165) is 18.9 Å². The van der Waals surface area contributed by atoms with E-state index < -0.39 is 10.7 Å². The van der Waals surface area contributed by atoms with Gasteiger partial charge in [-0.15, -0.1) is 0 Å². The fourth-order valence-corrected chi connectivity index (χ4v) is 2.97. The molecule has 0 unspecified atom stereocenters. The third kappa shape index (κ3) is 2.96. The number of rotatable bonds is 4. The molecule has 0 saturated carbocycles. The topological polar surface area (TPSA) is 73.4 Å². The van der Waals surface area contributed by atoms with Gasteiger partial charge in [-0.25, -0.2) is 4.39 Å². The summed E-state index contributed by atoms with van der Waals surface area (Å²) >= 11 is 0. The van der Waals surface area contributed by atoms with Crippen LogP contribution in [0.15, 0.2) is 30.6 Å². The lowest BCUT2D eigenvalue weighted by atomic mass is 10.0. The summed E-state index contributed by atoms with van der Waals surface area (Å²) in [4.78, 5) is 12.2. The number of nitro groups is 1. The van der Waals surface area contributed by atoms with E-state index in [0.29, 0.717) is 18.8 Å². The molecule has 0 bridgehead atoms. The van der Waals surface area contributed by atoms with E-state index in [-0.39, 0.29) is 17.5 Å². The van der Waals surface area contributed by atoms with Crippen molar-refractivity contribution in [2.75, 3.05) is 25.1 Å². The zero-order valence-corrected chi connectivity index (χ0v) is 12.7. The number of benzene rings is 1. The Kier molecular flexibility index (Phi) is 4.14. The van der Waals surface area contributed by atoms with Crippen molar-refractivity contribution in [3.8, 4) is 5.75 Å². The van der Waals surface area contributed by atoms with Crippen LogP contribution in [0.3, 0.4) is 0 Å². The normalized spacial score (nSPS) is 18.0. The van der Waals surface area contributed by atoms with Crippen molar-refractivity contribution in [2.45, 2.75) is 18.9 Å². The maximum Gasteiger partial charge on any atom is 0.313 e. The van der Waals surface area contributed by atoms with Crippen molar-refractivity contribution in [2.24, 2.45) is 0 Å². The number of aromatic nitrogens is 2. The van der Waals surface area contributed by atoms with Gasteiger partial charge in [-0.05, 0) is 18.9 Å². The zero-order chi connectivity index (χ0) is 16.4. The van der Waals surface area contributed by atoms with Gasteiger partial charge in [0.25, 0.3) is 0 Å². The zero-order valence-electron chi connectivity index (χ0n) is 12.7. The predicted molar refractivity (Wildman–Crippen MR) is 82.3 cm³/mol. The van der Waals surface area contributed by atoms with Crippen molar-refractivity contribution in [1.82, 2.24) is 9.78 Å². The van der Waals surface area contributed by atoms with Crippen LogP contribution >= 0.6 is 0 Å². The van der Waals surface area contributed by atoms with E-state index in [1.165, 1.54) is 13.2 Å². The van der Waals surface area contributed by atoms with Gasteiger partial charge >= 0.3 is 5.69 Å². The van der Waals surface area contributed by atoms with Crippen LogP contribution in [0.5, 0.6) is 5.75 Å². The van der Waals surface area contributed by atoms with Gasteiger partial charge in [0.15, 0.2) is 11.6 Å². The Morgan fingerprint density at radius 1 is 1.48 bits per heavy atom. The number of hydrogen-bond acceptors (Lipinski definition) is 5. The second kappa shape index (κ2) is 6.23. The molecule has 1 aromatic carbocycles. The summed E-state index contributed by atoms with van der Waals surface area (Å²) in [7, 11) is 1.34. The number of nitro benzene ring substituents is 1. The van der Waals surface area contributed by atoms with E-state index >= 15 is 0 Å². The lowest BCUT2D eigenvalue weighted by molar-refractivity contribution is -0.385. The number of anilines is 1. The van der Waals surface area contributed by atoms with Crippen LogP contribution in [-0.2, 0) is 0 Å². The Morgan fingerprint density at radius 3 is 2.96 bits per heavy atom. The fourth-order valence-electron chi connectivity index (χ4n) is 2.97. The molecule has 1 aliphatic heterocycles. The maximum absolute atomic E-state index is 14.4. The minimum Gasteiger partial charge on any atom is -0.490 e. The summed E-state index contributed by atoms with van der Waals surface area (Å²) in [5.74, 6) is -0.550. The van der Waals surface area contributed by atoms with E-state index in [9.17, 15) is 14.5 Å². The van der Waals surface area contributed by atoms with Crippen LogP contribution < -0.4 is 9.64 Å². The number of ether oxygens (including phenoxy) is 1. The first-order valence-electron chi connectivity index (χ1n) is 7.36. The number of piperidine rings is 1. The van der Waals surface area contributed by atoms with Gasteiger partial charge < -0.3 is 9.64 Å². The average Bonchev–Trinajstić information content (AvgIpc) is 3.09. The molecule has 0 spiro atoms. The smallest absolute Gasteiger partial charge is 0.313 e. The highest BCUT2D eigenvalue weighted by molar-refractivity contribution is 5.60. The Morgan fingerprint density at radius 2 is 2.30 bits per heavy atom. The minimum absolute atomic E-state index is 0.0626. The number of hydrogen-bond donors (Lipinski definition) is 0. The highest BCUT2D eigenvalue weighted by atomic mass is 19.1. The number of nitrogens with zero attached hydrogens (tertiary/aromatic N) is 4. The van der Waals surface area contributed by atoms with E-state index in [2.05, 4.69) is 5.10 Å². The minimum atomic E-state index is -0.644. The molecular weight excluding hydrogens is 303 g/mol. The summed E-state index contributed by atoms with van der Waals surface area (Å²) < 4.78 is 21.3. The van der Waals surface area contributed by atoms with Crippen LogP contribution in [0.2, 0.25) is 0 Å². The largest absolute Gasteiger partial charge is 0.490 e. The molecule has 3 rings (SSSR count). The average molecular weight is 320 g/mol. The Bertz CT molecular complexity index is 705. The van der Waals surface area contributed by atoms with Gasteiger partial charge in [0.2, 0.25) is 0 Å². The molecule has 1 atom stereocenters. The van der Waals surface area contributed by atoms with Crippen LogP contribution in [0.1, 0.15) is 18.9 Å². The van der Waals surface area contributed by atoms with Crippen LogP contribution in [0.25, 0.3) is 0 Å². The van der Waals surface area contributed by atoms with Crippen molar-refractivity contribution in [1.29, 1.82) is 0 Å². The van der Waals surface area contributed by atoms with Crippen molar-refractivity contribution < 1.29 is 14.1 Å². The Hall–Kier alpha value is -2.64. The van der Waals surface area contributed by atoms with Gasteiger partial charge in [0, 0.05) is 31.5 Å². The molecule has 1 saturated heterocycles. The molecule has 8 heteroatoms. The second-order valence-corrected chi connectivity index (χ2v) is 5.46. The standard InChI is InChI=1S/C15H17FN4O3/c1-23-15-9-13(12(16)8-14(15)20(21)22)18-6-2-4-11(10-18)19-7-3-5-17-19/h3,5,7-9,11H,2,4,6,10H2,1H3/t11-/m1/s1. The van der Waals surface area contributed by atoms with Crippen molar-refractivity contribution in [3.63, 3.8) is 0 Å². The van der Waals surface area contributed by atoms with Crippen molar-refractivity contribution in [3.05, 3.63) is 46.5 Å². The SMILES string of the molecule is COc1cc(N2CCC[C@@H](n3cccn3)C2)c(F)cc1[N+](=O)[O-]. The first-order valence-corrected chi connectivity index (χ1v) is 7.36. The lowest BCUT2D eigenvalue weighted by Gasteiger charge is -2.34. The Labute approximate surface area is 132 Å². The summed E-state index contributed by atoms with van der Waals surface area (Å²) in [5.41, 5.74) is -0.0429. The molecule has 0 radical (unpaired) electrons. The molecule has 2 heterocycles. The predicted octanol–water partition coefficient (Wildman–Crippen LogP) is 2.78. The Balaban J connectivity index is 1.90. The molecule has 23 heavy (non-hydrogen) atoms. The van der Waals surface area contributed by atoms with E-state index in [1.807, 2.05) is 21.8 Å². The van der Waals surface area contributed by atoms with Gasteiger partial charge in [-0.3, -0.25) is 14.8 Å². The van der Waals surface area contributed by atoms with Gasteiger partial charge in [0.1, 0.15) is 0 Å². The molecule has 0 amide bonds. The van der Waals surface area contributed by atoms with E-state index in [1.54, 1.807) is 6.20 Å². The third-order valence-electron chi connectivity index (χ3n) is 4.08. The molecule has 7 nitrogen and oxygen atoms in total. The first-order chi connectivity index (χ1) is 11.1. The van der Waals surface area contributed by atoms with Crippen molar-refractivity contribution >= 4 is 11.4 Å². The fraction of sp³-hybridized carbons (Fsp3) is 0.400. The van der Waals surface area contributed by atoms with Crippen LogP contribution in [-0.4, -0.2) is 34.9 Å². The molecule has 2 aromatic rings. The highest BCUT2D eigenvalue weighted by Gasteiger charge is 2.26. The van der Waals surface area contributed by atoms with Gasteiger partial charge in [0.05, 0.1) is 29.8 Å². The molecular formula is C15H17FN4O3. The molecule has 1 aromatic heterocycles. The molecule has 0 N–H and O–H groups in total. The van der Waals surface area contributed by atoms with E-state index in [4.69, 9.17) is 4.74 Å². The second-order valence-electron chi connectivity index (χ2n) is 5.46. The van der Waals surface area contributed by atoms with Crippen LogP contribution in [0, 0.1) is 15.9 Å². The monoisotopic (exact) mass is 320 g/mol. The molecule has 0 aliphatic carbocycles. The number of methoxy groups -OCH3 is 1. The summed E-state index contributed by atoms with van der Waals surface area (Å²) in [6.45, 7) is 1.29. The summed E-state index contributed by atoms with van der Waals surface area (Å²) in [5, 5.41) is 15.2. The number of halogens is 1. The lowest BCUT2D eigenvalue weighted by Crippen LogP contribution is -2.37. The van der Waals surface area contributed by atoms with Crippen LogP contribution in [0.4, 0.5) is 15.8 Å².